The molecule has 1 aliphatic heterocycles. The number of amides is 1. The SMILES string of the molecule is C[C@H](NS(=O)(=O)c1ccc(CCC(=O)Nc2ccc3c(c2)OCCO3)cc1)c1ccccc1. The number of carbonyl (C=O) groups excluding carboxylic acids is 1. The minimum Gasteiger partial charge on any atom is -0.486 e. The van der Waals surface area contributed by atoms with Crippen LogP contribution in [0.4, 0.5) is 5.69 Å². The number of ether oxygens (including phenoxy) is 2. The maximum Gasteiger partial charge on any atom is 0.241 e. The third kappa shape index (κ3) is 5.91. The van der Waals surface area contributed by atoms with Gasteiger partial charge in [0.15, 0.2) is 11.5 Å². The number of benzene rings is 3. The largest absolute Gasteiger partial charge is 0.486 e. The fourth-order valence-electron chi connectivity index (χ4n) is 3.55. The highest BCUT2D eigenvalue weighted by Gasteiger charge is 2.18. The summed E-state index contributed by atoms with van der Waals surface area (Å²) in [6, 6.07) is 20.9. The molecule has 0 aromatic heterocycles. The van der Waals surface area contributed by atoms with Gasteiger partial charge in [-0.1, -0.05) is 42.5 Å². The highest BCUT2D eigenvalue weighted by atomic mass is 32.2. The van der Waals surface area contributed by atoms with Gasteiger partial charge in [0.05, 0.1) is 4.90 Å². The zero-order valence-electron chi connectivity index (χ0n) is 18.3. The molecule has 1 amide bonds. The molecule has 0 saturated heterocycles. The first-order chi connectivity index (χ1) is 15.9. The van der Waals surface area contributed by atoms with Crippen LogP contribution in [0.15, 0.2) is 77.7 Å². The van der Waals surface area contributed by atoms with Crippen LogP contribution in [-0.4, -0.2) is 27.5 Å². The van der Waals surface area contributed by atoms with E-state index >= 15 is 0 Å². The lowest BCUT2D eigenvalue weighted by atomic mass is 10.1. The summed E-state index contributed by atoms with van der Waals surface area (Å²) in [4.78, 5) is 12.5. The second-order valence-corrected chi connectivity index (χ2v) is 9.52. The molecule has 0 unspecified atom stereocenters. The Balaban J connectivity index is 1.31. The van der Waals surface area contributed by atoms with Crippen molar-refractivity contribution in [2.45, 2.75) is 30.7 Å². The van der Waals surface area contributed by atoms with Gasteiger partial charge in [-0.05, 0) is 48.7 Å². The molecule has 8 heteroatoms. The summed E-state index contributed by atoms with van der Waals surface area (Å²) >= 11 is 0. The van der Waals surface area contributed by atoms with Crippen LogP contribution >= 0.6 is 0 Å². The molecule has 1 atom stereocenters. The average Bonchev–Trinajstić information content (AvgIpc) is 2.83. The fourth-order valence-corrected chi connectivity index (χ4v) is 4.78. The van der Waals surface area contributed by atoms with E-state index in [1.165, 1.54) is 0 Å². The highest BCUT2D eigenvalue weighted by molar-refractivity contribution is 7.89. The zero-order chi connectivity index (χ0) is 23.3. The predicted octanol–water partition coefficient (Wildman–Crippen LogP) is 4.07. The molecule has 1 heterocycles. The number of sulfonamides is 1. The summed E-state index contributed by atoms with van der Waals surface area (Å²) < 4.78 is 39.1. The van der Waals surface area contributed by atoms with E-state index < -0.39 is 10.0 Å². The molecule has 0 spiro atoms. The van der Waals surface area contributed by atoms with Crippen LogP contribution in [0.5, 0.6) is 11.5 Å². The molecular weight excluding hydrogens is 440 g/mol. The van der Waals surface area contributed by atoms with Gasteiger partial charge in [0.2, 0.25) is 15.9 Å². The van der Waals surface area contributed by atoms with Gasteiger partial charge in [0, 0.05) is 24.2 Å². The summed E-state index contributed by atoms with van der Waals surface area (Å²) in [5.41, 5.74) is 2.41. The zero-order valence-corrected chi connectivity index (χ0v) is 19.1. The summed E-state index contributed by atoms with van der Waals surface area (Å²) in [6.07, 6.45) is 0.758. The van der Waals surface area contributed by atoms with Crippen LogP contribution in [0.3, 0.4) is 0 Å². The number of hydrogen-bond acceptors (Lipinski definition) is 5. The van der Waals surface area contributed by atoms with Crippen LogP contribution < -0.4 is 19.5 Å². The van der Waals surface area contributed by atoms with E-state index in [0.717, 1.165) is 11.1 Å². The molecule has 33 heavy (non-hydrogen) atoms. The summed E-state index contributed by atoms with van der Waals surface area (Å²) in [5, 5.41) is 2.85. The smallest absolute Gasteiger partial charge is 0.241 e. The Morgan fingerprint density at radius 1 is 0.939 bits per heavy atom. The van der Waals surface area contributed by atoms with Crippen molar-refractivity contribution in [3.05, 3.63) is 83.9 Å². The Bertz CT molecular complexity index is 1210. The highest BCUT2D eigenvalue weighted by Crippen LogP contribution is 2.32. The molecule has 7 nitrogen and oxygen atoms in total. The molecule has 0 fully saturated rings. The Kier molecular flexibility index (Phi) is 6.96. The number of rotatable bonds is 8. The van der Waals surface area contributed by atoms with Gasteiger partial charge < -0.3 is 14.8 Å². The Hall–Kier alpha value is -3.36. The van der Waals surface area contributed by atoms with Crippen molar-refractivity contribution < 1.29 is 22.7 Å². The monoisotopic (exact) mass is 466 g/mol. The second kappa shape index (κ2) is 10.1. The molecule has 1 aliphatic rings. The van der Waals surface area contributed by atoms with Crippen molar-refractivity contribution >= 4 is 21.6 Å². The Morgan fingerprint density at radius 2 is 1.64 bits per heavy atom. The van der Waals surface area contributed by atoms with E-state index in [0.29, 0.717) is 36.8 Å². The molecule has 0 aliphatic carbocycles. The quantitative estimate of drug-likeness (QED) is 0.522. The minimum atomic E-state index is -3.66. The summed E-state index contributed by atoms with van der Waals surface area (Å²) in [5.74, 6) is 1.15. The van der Waals surface area contributed by atoms with Crippen LogP contribution in [0.2, 0.25) is 0 Å². The molecule has 2 N–H and O–H groups in total. The van der Waals surface area contributed by atoms with E-state index in [4.69, 9.17) is 9.47 Å². The first-order valence-electron chi connectivity index (χ1n) is 10.8. The van der Waals surface area contributed by atoms with Crippen molar-refractivity contribution in [3.8, 4) is 11.5 Å². The fraction of sp³-hybridized carbons (Fsp3) is 0.240. The van der Waals surface area contributed by atoms with Crippen molar-refractivity contribution in [2.24, 2.45) is 0 Å². The molecule has 4 rings (SSSR count). The molecular formula is C25H26N2O5S. The van der Waals surface area contributed by atoms with Gasteiger partial charge in [-0.3, -0.25) is 4.79 Å². The standard InChI is InChI=1S/C25H26N2O5S/c1-18(20-5-3-2-4-6-20)27-33(29,30)22-11-7-19(8-12-22)9-14-25(28)26-21-10-13-23-24(17-21)32-16-15-31-23/h2-8,10-13,17-18,27H,9,14-16H2,1H3,(H,26,28)/t18-/m0/s1. The maximum absolute atomic E-state index is 12.7. The second-order valence-electron chi connectivity index (χ2n) is 7.80. The van der Waals surface area contributed by atoms with Gasteiger partial charge in [-0.15, -0.1) is 0 Å². The number of fused-ring (bicyclic) bond motifs is 1. The van der Waals surface area contributed by atoms with Gasteiger partial charge in [-0.25, -0.2) is 13.1 Å². The first kappa shape index (κ1) is 22.8. The van der Waals surface area contributed by atoms with Gasteiger partial charge >= 0.3 is 0 Å². The van der Waals surface area contributed by atoms with E-state index in [1.807, 2.05) is 37.3 Å². The van der Waals surface area contributed by atoms with E-state index in [1.54, 1.807) is 42.5 Å². The van der Waals surface area contributed by atoms with Crippen molar-refractivity contribution in [1.29, 1.82) is 0 Å². The van der Waals surface area contributed by atoms with Crippen LogP contribution in [0.25, 0.3) is 0 Å². The maximum atomic E-state index is 12.7. The third-order valence-electron chi connectivity index (χ3n) is 5.33. The topological polar surface area (TPSA) is 93.7 Å². The van der Waals surface area contributed by atoms with Crippen molar-refractivity contribution in [3.63, 3.8) is 0 Å². The molecule has 3 aromatic carbocycles. The van der Waals surface area contributed by atoms with Gasteiger partial charge in [0.1, 0.15) is 13.2 Å². The summed E-state index contributed by atoms with van der Waals surface area (Å²) in [6.45, 7) is 2.80. The molecule has 0 saturated carbocycles. The van der Waals surface area contributed by atoms with E-state index in [9.17, 15) is 13.2 Å². The number of hydrogen-bond donors (Lipinski definition) is 2. The third-order valence-corrected chi connectivity index (χ3v) is 6.89. The van der Waals surface area contributed by atoms with E-state index in [2.05, 4.69) is 10.0 Å². The Morgan fingerprint density at radius 3 is 2.36 bits per heavy atom. The van der Waals surface area contributed by atoms with Gasteiger partial charge in [0.25, 0.3) is 0 Å². The van der Waals surface area contributed by atoms with Crippen LogP contribution in [-0.2, 0) is 21.2 Å². The van der Waals surface area contributed by atoms with E-state index in [-0.39, 0.29) is 23.3 Å². The normalized spacial score (nSPS) is 13.8. The lowest BCUT2D eigenvalue weighted by Gasteiger charge is -2.19. The lowest BCUT2D eigenvalue weighted by molar-refractivity contribution is -0.116. The number of anilines is 1. The first-order valence-corrected chi connectivity index (χ1v) is 12.2. The average molecular weight is 467 g/mol. The Labute approximate surface area is 193 Å². The van der Waals surface area contributed by atoms with Gasteiger partial charge in [-0.2, -0.15) is 0 Å². The van der Waals surface area contributed by atoms with Crippen molar-refractivity contribution in [2.75, 3.05) is 18.5 Å². The van der Waals surface area contributed by atoms with Crippen LogP contribution in [0.1, 0.15) is 30.5 Å². The number of carbonyl (C=O) groups is 1. The van der Waals surface area contributed by atoms with Crippen molar-refractivity contribution in [1.82, 2.24) is 4.72 Å². The molecule has 172 valence electrons. The summed E-state index contributed by atoms with van der Waals surface area (Å²) in [7, 11) is -3.66. The predicted molar refractivity (Wildman–Crippen MR) is 126 cm³/mol. The number of aryl methyl sites for hydroxylation is 1. The molecule has 0 radical (unpaired) electrons. The minimum absolute atomic E-state index is 0.137. The molecule has 0 bridgehead atoms. The van der Waals surface area contributed by atoms with Crippen LogP contribution in [0, 0.1) is 0 Å². The molecule has 3 aromatic rings. The lowest BCUT2D eigenvalue weighted by Crippen LogP contribution is -2.26. The number of nitrogens with one attached hydrogen (secondary N) is 2.